The van der Waals surface area contributed by atoms with E-state index in [4.69, 9.17) is 15.6 Å². The fourth-order valence-electron chi connectivity index (χ4n) is 1.49. The van der Waals surface area contributed by atoms with E-state index in [0.717, 1.165) is 12.8 Å². The third kappa shape index (κ3) is 8.03. The summed E-state index contributed by atoms with van der Waals surface area (Å²) in [4.78, 5) is 23.1. The second-order valence-electron chi connectivity index (χ2n) is 3.98. The Hall–Kier alpha value is -1.14. The summed E-state index contributed by atoms with van der Waals surface area (Å²) in [5.74, 6) is -0.651. The van der Waals surface area contributed by atoms with Gasteiger partial charge in [-0.1, -0.05) is 0 Å². The van der Waals surface area contributed by atoms with Crippen LogP contribution in [0, 0.1) is 0 Å². The topological polar surface area (TPSA) is 102 Å². The second kappa shape index (κ2) is 11.0. The predicted molar refractivity (Wildman–Crippen MR) is 67.8 cm³/mol. The molecule has 0 aromatic rings. The molecule has 106 valence electrons. The first-order valence-electron chi connectivity index (χ1n) is 6.42. The van der Waals surface area contributed by atoms with Gasteiger partial charge in [-0.2, -0.15) is 0 Å². The van der Waals surface area contributed by atoms with Crippen LogP contribution in [0.2, 0.25) is 0 Å². The Labute approximate surface area is 108 Å². The molecular weight excluding hydrogens is 236 g/mol. The van der Waals surface area contributed by atoms with E-state index in [2.05, 4.69) is 5.32 Å². The average molecular weight is 260 g/mol. The van der Waals surface area contributed by atoms with Gasteiger partial charge in [0.25, 0.3) is 0 Å². The lowest BCUT2D eigenvalue weighted by Crippen LogP contribution is -2.41. The van der Waals surface area contributed by atoms with Crippen molar-refractivity contribution in [2.75, 3.05) is 19.8 Å². The van der Waals surface area contributed by atoms with Crippen LogP contribution in [0.4, 0.5) is 0 Å². The molecule has 4 N–H and O–H groups in total. The molecule has 18 heavy (non-hydrogen) atoms. The van der Waals surface area contributed by atoms with Crippen molar-refractivity contribution >= 4 is 11.9 Å². The lowest BCUT2D eigenvalue weighted by molar-refractivity contribution is -0.147. The van der Waals surface area contributed by atoms with Gasteiger partial charge in [-0.05, 0) is 39.2 Å². The molecule has 6 nitrogen and oxygen atoms in total. The van der Waals surface area contributed by atoms with Crippen LogP contribution in [0.25, 0.3) is 0 Å². The van der Waals surface area contributed by atoms with Crippen molar-refractivity contribution in [1.82, 2.24) is 5.32 Å². The number of nitrogens with two attached hydrogens (primary N) is 1. The SMILES string of the molecule is CCOC(=O)[C@H](CCCCN)NC(=O)CCCO. The number of esters is 1. The van der Waals surface area contributed by atoms with Crippen LogP contribution < -0.4 is 11.1 Å². The van der Waals surface area contributed by atoms with Crippen LogP contribution in [0.15, 0.2) is 0 Å². The number of carbonyl (C=O) groups is 2. The van der Waals surface area contributed by atoms with Crippen molar-refractivity contribution in [1.29, 1.82) is 0 Å². The van der Waals surface area contributed by atoms with E-state index in [9.17, 15) is 9.59 Å². The molecule has 0 aliphatic heterocycles. The lowest BCUT2D eigenvalue weighted by atomic mass is 10.1. The van der Waals surface area contributed by atoms with E-state index in [1.807, 2.05) is 0 Å². The van der Waals surface area contributed by atoms with Gasteiger partial charge < -0.3 is 20.9 Å². The Bertz CT molecular complexity index is 246. The number of aliphatic hydroxyl groups is 1. The van der Waals surface area contributed by atoms with Gasteiger partial charge in [0.2, 0.25) is 5.91 Å². The van der Waals surface area contributed by atoms with E-state index in [1.165, 1.54) is 0 Å². The molecule has 0 unspecified atom stereocenters. The third-order valence-corrected chi connectivity index (χ3v) is 2.42. The van der Waals surface area contributed by atoms with Crippen molar-refractivity contribution in [3.05, 3.63) is 0 Å². The monoisotopic (exact) mass is 260 g/mol. The zero-order valence-corrected chi connectivity index (χ0v) is 11.0. The Morgan fingerprint density at radius 1 is 1.33 bits per heavy atom. The number of aliphatic hydroxyl groups excluding tert-OH is 1. The largest absolute Gasteiger partial charge is 0.464 e. The maximum atomic E-state index is 11.6. The molecule has 0 aliphatic carbocycles. The lowest BCUT2D eigenvalue weighted by Gasteiger charge is -2.17. The normalized spacial score (nSPS) is 11.9. The quantitative estimate of drug-likeness (QED) is 0.377. The van der Waals surface area contributed by atoms with Crippen LogP contribution >= 0.6 is 0 Å². The van der Waals surface area contributed by atoms with Crippen molar-refractivity contribution in [2.45, 2.75) is 45.1 Å². The number of nitrogens with one attached hydrogen (secondary N) is 1. The van der Waals surface area contributed by atoms with Crippen molar-refractivity contribution in [2.24, 2.45) is 5.73 Å². The molecule has 0 radical (unpaired) electrons. The first-order chi connectivity index (χ1) is 8.65. The first-order valence-corrected chi connectivity index (χ1v) is 6.42. The number of hydrogen-bond donors (Lipinski definition) is 3. The Kier molecular flexibility index (Phi) is 10.3. The van der Waals surface area contributed by atoms with E-state index in [-0.39, 0.29) is 18.9 Å². The van der Waals surface area contributed by atoms with Crippen LogP contribution in [0.5, 0.6) is 0 Å². The predicted octanol–water partition coefficient (Wildman–Crippen LogP) is -0.0642. The Morgan fingerprint density at radius 2 is 2.06 bits per heavy atom. The van der Waals surface area contributed by atoms with E-state index < -0.39 is 12.0 Å². The van der Waals surface area contributed by atoms with Gasteiger partial charge >= 0.3 is 5.97 Å². The standard InChI is InChI=1S/C12H24N2O4/c1-2-18-12(17)10(6-3-4-8-13)14-11(16)7-5-9-15/h10,15H,2-9,13H2,1H3,(H,14,16)/t10-/m0/s1. The van der Waals surface area contributed by atoms with Crippen LogP contribution in [0.3, 0.4) is 0 Å². The maximum absolute atomic E-state index is 11.6. The summed E-state index contributed by atoms with van der Waals surface area (Å²) >= 11 is 0. The zero-order valence-electron chi connectivity index (χ0n) is 11.0. The number of rotatable bonds is 10. The zero-order chi connectivity index (χ0) is 13.8. The third-order valence-electron chi connectivity index (χ3n) is 2.42. The fourth-order valence-corrected chi connectivity index (χ4v) is 1.49. The number of unbranched alkanes of at least 4 members (excludes halogenated alkanes) is 1. The number of ether oxygens (including phenoxy) is 1. The molecule has 0 saturated carbocycles. The van der Waals surface area contributed by atoms with Crippen molar-refractivity contribution in [3.8, 4) is 0 Å². The highest BCUT2D eigenvalue weighted by Gasteiger charge is 2.21. The maximum Gasteiger partial charge on any atom is 0.328 e. The molecule has 6 heteroatoms. The molecule has 0 saturated heterocycles. The highest BCUT2D eigenvalue weighted by Crippen LogP contribution is 2.04. The van der Waals surface area contributed by atoms with Gasteiger partial charge in [0, 0.05) is 13.0 Å². The van der Waals surface area contributed by atoms with E-state index in [0.29, 0.717) is 26.0 Å². The van der Waals surface area contributed by atoms with Crippen molar-refractivity contribution in [3.63, 3.8) is 0 Å². The number of carbonyl (C=O) groups excluding carboxylic acids is 2. The Morgan fingerprint density at radius 3 is 2.61 bits per heavy atom. The molecule has 0 fully saturated rings. The van der Waals surface area contributed by atoms with Crippen LogP contribution in [0.1, 0.15) is 39.0 Å². The first kappa shape index (κ1) is 16.9. The van der Waals surface area contributed by atoms with Crippen molar-refractivity contribution < 1.29 is 19.4 Å². The molecule has 0 aromatic heterocycles. The van der Waals surface area contributed by atoms with Crippen LogP contribution in [-0.2, 0) is 14.3 Å². The summed E-state index contributed by atoms with van der Waals surface area (Å²) < 4.78 is 4.91. The number of hydrogen-bond acceptors (Lipinski definition) is 5. The molecular formula is C12H24N2O4. The molecule has 0 aliphatic rings. The molecule has 0 heterocycles. The van der Waals surface area contributed by atoms with Crippen LogP contribution in [-0.4, -0.2) is 42.8 Å². The summed E-state index contributed by atoms with van der Waals surface area (Å²) in [6, 6.07) is -0.609. The average Bonchev–Trinajstić information content (AvgIpc) is 2.35. The van der Waals surface area contributed by atoms with Gasteiger partial charge in [0.05, 0.1) is 6.61 Å². The van der Waals surface area contributed by atoms with Gasteiger partial charge in [0.1, 0.15) is 6.04 Å². The molecule has 0 rings (SSSR count). The summed E-state index contributed by atoms with van der Waals surface area (Å²) in [5, 5.41) is 11.3. The molecule has 0 aromatic carbocycles. The van der Waals surface area contributed by atoms with Gasteiger partial charge in [-0.25, -0.2) is 4.79 Å². The minimum Gasteiger partial charge on any atom is -0.464 e. The molecule has 1 atom stereocenters. The second-order valence-corrected chi connectivity index (χ2v) is 3.98. The molecule has 1 amide bonds. The van der Waals surface area contributed by atoms with E-state index >= 15 is 0 Å². The summed E-state index contributed by atoms with van der Waals surface area (Å²) in [5.41, 5.74) is 5.39. The fraction of sp³-hybridized carbons (Fsp3) is 0.833. The summed E-state index contributed by atoms with van der Waals surface area (Å²) in [6.07, 6.45) is 2.71. The van der Waals surface area contributed by atoms with Gasteiger partial charge in [0.15, 0.2) is 0 Å². The minimum absolute atomic E-state index is 0.0370. The summed E-state index contributed by atoms with van der Waals surface area (Å²) in [7, 11) is 0. The van der Waals surface area contributed by atoms with Gasteiger partial charge in [-0.15, -0.1) is 0 Å². The molecule has 0 bridgehead atoms. The highest BCUT2D eigenvalue weighted by atomic mass is 16.5. The minimum atomic E-state index is -0.609. The number of amides is 1. The summed E-state index contributed by atoms with van der Waals surface area (Å²) in [6.45, 7) is 2.54. The van der Waals surface area contributed by atoms with Gasteiger partial charge in [-0.3, -0.25) is 4.79 Å². The highest BCUT2D eigenvalue weighted by molar-refractivity contribution is 5.84. The molecule has 0 spiro atoms. The smallest absolute Gasteiger partial charge is 0.328 e. The Balaban J connectivity index is 4.18. The van der Waals surface area contributed by atoms with E-state index in [1.54, 1.807) is 6.92 Å².